The smallest absolute Gasteiger partial charge is 0.257 e. The van der Waals surface area contributed by atoms with Gasteiger partial charge in [-0.25, -0.2) is 0 Å². The molecule has 5 rings (SSSR count). The van der Waals surface area contributed by atoms with Crippen LogP contribution in [-0.2, 0) is 13.1 Å². The number of carbonyl (C=O) groups excluding carboxylic acids is 1. The fraction of sp³-hybridized carbons (Fsp3) is 0.233. The summed E-state index contributed by atoms with van der Waals surface area (Å²) < 4.78 is 7.16. The van der Waals surface area contributed by atoms with Crippen LogP contribution < -0.4 is 4.74 Å². The van der Waals surface area contributed by atoms with Gasteiger partial charge in [0.1, 0.15) is 11.4 Å². The van der Waals surface area contributed by atoms with Crippen LogP contribution in [0.2, 0.25) is 0 Å². The van der Waals surface area contributed by atoms with E-state index >= 15 is 0 Å². The number of nitrogens with zero attached hydrogens (tertiary/aromatic N) is 5. The molecule has 0 unspecified atom stereocenters. The average Bonchev–Trinajstić information content (AvgIpc) is 3.37. The molecule has 4 aromatic rings. The van der Waals surface area contributed by atoms with Gasteiger partial charge in [-0.1, -0.05) is 42.5 Å². The standard InChI is InChI=1S/C30H29N5O2/c1-37-27-13-11-26(12-14-27)29-28(22-35(32-29)21-24-5-3-2-4-6-24)30(36)34-17-15-33(16-18-34)20-25-9-7-23(19-31)8-10-25/h2-14,22H,15-18,20-21H2,1H3. The van der Waals surface area contributed by atoms with Gasteiger partial charge in [0.05, 0.1) is 30.9 Å². The number of hydrogen-bond donors (Lipinski definition) is 0. The highest BCUT2D eigenvalue weighted by molar-refractivity contribution is 6.00. The number of benzene rings is 3. The van der Waals surface area contributed by atoms with Crippen molar-refractivity contribution in [3.05, 3.63) is 107 Å². The molecular weight excluding hydrogens is 462 g/mol. The van der Waals surface area contributed by atoms with Gasteiger partial charge >= 0.3 is 0 Å². The van der Waals surface area contributed by atoms with E-state index in [4.69, 9.17) is 15.1 Å². The minimum absolute atomic E-state index is 0.00292. The molecule has 0 spiro atoms. The maximum absolute atomic E-state index is 13.7. The fourth-order valence-electron chi connectivity index (χ4n) is 4.61. The third kappa shape index (κ3) is 5.71. The van der Waals surface area contributed by atoms with E-state index in [1.807, 2.05) is 82.5 Å². The normalized spacial score (nSPS) is 13.8. The molecule has 1 fully saturated rings. The molecule has 0 radical (unpaired) electrons. The first-order chi connectivity index (χ1) is 18.1. The third-order valence-corrected chi connectivity index (χ3v) is 6.69. The second-order valence-electron chi connectivity index (χ2n) is 9.18. The first-order valence-corrected chi connectivity index (χ1v) is 12.4. The Morgan fingerprint density at radius 3 is 2.22 bits per heavy atom. The van der Waals surface area contributed by atoms with E-state index in [1.54, 1.807) is 7.11 Å². The number of ether oxygens (including phenoxy) is 1. The van der Waals surface area contributed by atoms with Crippen molar-refractivity contribution < 1.29 is 9.53 Å². The lowest BCUT2D eigenvalue weighted by atomic mass is 10.1. The Morgan fingerprint density at radius 1 is 0.892 bits per heavy atom. The van der Waals surface area contributed by atoms with E-state index in [2.05, 4.69) is 23.1 Å². The van der Waals surface area contributed by atoms with Crippen molar-refractivity contribution in [2.75, 3.05) is 33.3 Å². The van der Waals surface area contributed by atoms with Crippen molar-refractivity contribution in [1.29, 1.82) is 5.26 Å². The van der Waals surface area contributed by atoms with Gasteiger partial charge in [-0.05, 0) is 47.5 Å². The number of nitriles is 1. The van der Waals surface area contributed by atoms with Crippen molar-refractivity contribution in [3.63, 3.8) is 0 Å². The predicted octanol–water partition coefficient (Wildman–Crippen LogP) is 4.44. The largest absolute Gasteiger partial charge is 0.497 e. The van der Waals surface area contributed by atoms with Gasteiger partial charge in [-0.3, -0.25) is 14.4 Å². The SMILES string of the molecule is COc1ccc(-c2nn(Cc3ccccc3)cc2C(=O)N2CCN(Cc3ccc(C#N)cc3)CC2)cc1. The van der Waals surface area contributed by atoms with Crippen molar-refractivity contribution >= 4 is 5.91 Å². The summed E-state index contributed by atoms with van der Waals surface area (Å²) in [6, 6.07) is 27.6. The molecule has 0 atom stereocenters. The quantitative estimate of drug-likeness (QED) is 0.382. The summed E-state index contributed by atoms with van der Waals surface area (Å²) in [6.45, 7) is 4.29. The Labute approximate surface area is 217 Å². The van der Waals surface area contributed by atoms with Gasteiger partial charge in [0.2, 0.25) is 0 Å². The van der Waals surface area contributed by atoms with Crippen LogP contribution in [0.3, 0.4) is 0 Å². The lowest BCUT2D eigenvalue weighted by Crippen LogP contribution is -2.48. The zero-order chi connectivity index (χ0) is 25.6. The topological polar surface area (TPSA) is 74.4 Å². The highest BCUT2D eigenvalue weighted by Crippen LogP contribution is 2.26. The average molecular weight is 492 g/mol. The number of piperazine rings is 1. The fourth-order valence-corrected chi connectivity index (χ4v) is 4.61. The van der Waals surface area contributed by atoms with Crippen LogP contribution >= 0.6 is 0 Å². The summed E-state index contributed by atoms with van der Waals surface area (Å²) in [5, 5.41) is 13.8. The molecule has 186 valence electrons. The maximum atomic E-state index is 13.7. The predicted molar refractivity (Wildman–Crippen MR) is 142 cm³/mol. The molecule has 0 bridgehead atoms. The van der Waals surface area contributed by atoms with Crippen molar-refractivity contribution in [2.24, 2.45) is 0 Å². The van der Waals surface area contributed by atoms with Crippen LogP contribution in [0.1, 0.15) is 27.0 Å². The first-order valence-electron chi connectivity index (χ1n) is 12.4. The Balaban J connectivity index is 1.32. The van der Waals surface area contributed by atoms with Crippen molar-refractivity contribution in [3.8, 4) is 23.1 Å². The molecular formula is C30H29N5O2. The maximum Gasteiger partial charge on any atom is 0.257 e. The minimum Gasteiger partial charge on any atom is -0.497 e. The van der Waals surface area contributed by atoms with E-state index in [0.29, 0.717) is 36.5 Å². The molecule has 3 aromatic carbocycles. The summed E-state index contributed by atoms with van der Waals surface area (Å²) in [6.07, 6.45) is 1.87. The Morgan fingerprint density at radius 2 is 1.57 bits per heavy atom. The molecule has 1 aliphatic heterocycles. The second kappa shape index (κ2) is 11.1. The summed E-state index contributed by atoms with van der Waals surface area (Å²) >= 11 is 0. The van der Waals surface area contributed by atoms with Crippen LogP contribution in [0.5, 0.6) is 5.75 Å². The molecule has 7 nitrogen and oxygen atoms in total. The van der Waals surface area contributed by atoms with Gasteiger partial charge in [-0.15, -0.1) is 0 Å². The summed E-state index contributed by atoms with van der Waals surface area (Å²) in [4.78, 5) is 18.0. The molecule has 1 aliphatic rings. The summed E-state index contributed by atoms with van der Waals surface area (Å²) in [5.41, 5.74) is 5.14. The summed E-state index contributed by atoms with van der Waals surface area (Å²) in [7, 11) is 1.64. The van der Waals surface area contributed by atoms with E-state index in [1.165, 1.54) is 5.56 Å². The highest BCUT2D eigenvalue weighted by Gasteiger charge is 2.26. The Hall–Kier alpha value is -4.41. The van der Waals surface area contributed by atoms with Gasteiger partial charge in [0.25, 0.3) is 5.91 Å². The number of methoxy groups -OCH3 is 1. The number of hydrogen-bond acceptors (Lipinski definition) is 5. The second-order valence-corrected chi connectivity index (χ2v) is 9.18. The number of amides is 1. The van der Waals surface area contributed by atoms with E-state index in [-0.39, 0.29) is 5.91 Å². The van der Waals surface area contributed by atoms with E-state index in [9.17, 15) is 4.79 Å². The zero-order valence-electron chi connectivity index (χ0n) is 20.9. The molecule has 0 N–H and O–H groups in total. The molecule has 2 heterocycles. The Kier molecular flexibility index (Phi) is 7.29. The molecule has 7 heteroatoms. The van der Waals surface area contributed by atoms with Gasteiger partial charge in [0, 0.05) is 44.5 Å². The first kappa shape index (κ1) is 24.3. The van der Waals surface area contributed by atoms with E-state index < -0.39 is 0 Å². The van der Waals surface area contributed by atoms with Crippen molar-refractivity contribution in [1.82, 2.24) is 19.6 Å². The Bertz CT molecular complexity index is 1380. The van der Waals surface area contributed by atoms with Gasteiger partial charge < -0.3 is 9.64 Å². The van der Waals surface area contributed by atoms with Gasteiger partial charge in [0.15, 0.2) is 0 Å². The van der Waals surface area contributed by atoms with Crippen LogP contribution in [0.25, 0.3) is 11.3 Å². The van der Waals surface area contributed by atoms with Crippen molar-refractivity contribution in [2.45, 2.75) is 13.1 Å². The van der Waals surface area contributed by atoms with Crippen LogP contribution in [0, 0.1) is 11.3 Å². The molecule has 1 saturated heterocycles. The lowest BCUT2D eigenvalue weighted by Gasteiger charge is -2.34. The third-order valence-electron chi connectivity index (χ3n) is 6.69. The monoisotopic (exact) mass is 491 g/mol. The number of carbonyl (C=O) groups is 1. The molecule has 0 saturated carbocycles. The highest BCUT2D eigenvalue weighted by atomic mass is 16.5. The molecule has 37 heavy (non-hydrogen) atoms. The van der Waals surface area contributed by atoms with Crippen LogP contribution in [-0.4, -0.2) is 58.8 Å². The number of aromatic nitrogens is 2. The van der Waals surface area contributed by atoms with Gasteiger partial charge in [-0.2, -0.15) is 10.4 Å². The molecule has 1 aromatic heterocycles. The number of rotatable bonds is 7. The lowest BCUT2D eigenvalue weighted by molar-refractivity contribution is 0.0629. The molecule has 0 aliphatic carbocycles. The van der Waals surface area contributed by atoms with Crippen LogP contribution in [0.15, 0.2) is 85.1 Å². The van der Waals surface area contributed by atoms with E-state index in [0.717, 1.165) is 36.5 Å². The van der Waals surface area contributed by atoms with Crippen LogP contribution in [0.4, 0.5) is 0 Å². The zero-order valence-corrected chi connectivity index (χ0v) is 20.9. The minimum atomic E-state index is 0.00292. The molecule has 1 amide bonds. The summed E-state index contributed by atoms with van der Waals surface area (Å²) in [5.74, 6) is 0.766.